The minimum absolute atomic E-state index is 0.252. The van der Waals surface area contributed by atoms with Gasteiger partial charge in [0.2, 0.25) is 0 Å². The molecule has 110 valence electrons. The Bertz CT molecular complexity index is 608. The fourth-order valence-electron chi connectivity index (χ4n) is 1.79. The van der Waals surface area contributed by atoms with Crippen molar-refractivity contribution in [1.82, 2.24) is 0 Å². The molecule has 0 atom stereocenters. The number of anilines is 1. The van der Waals surface area contributed by atoms with Gasteiger partial charge in [-0.15, -0.1) is 13.2 Å². The zero-order valence-electron chi connectivity index (χ0n) is 11.2. The lowest BCUT2D eigenvalue weighted by Gasteiger charge is -2.12. The van der Waals surface area contributed by atoms with Crippen LogP contribution in [0.4, 0.5) is 18.9 Å². The second-order valence-corrected chi connectivity index (χ2v) is 4.40. The summed E-state index contributed by atoms with van der Waals surface area (Å²) >= 11 is 0. The van der Waals surface area contributed by atoms with Crippen LogP contribution in [-0.4, -0.2) is 12.9 Å². The summed E-state index contributed by atoms with van der Waals surface area (Å²) in [6, 6.07) is 15.3. The molecule has 1 N–H and O–H groups in total. The highest BCUT2D eigenvalue weighted by atomic mass is 19.4. The number of benzene rings is 2. The van der Waals surface area contributed by atoms with Gasteiger partial charge in [0.25, 0.3) is 0 Å². The molecule has 0 aromatic heterocycles. The normalized spacial score (nSPS) is 11.0. The van der Waals surface area contributed by atoms with E-state index in [0.717, 1.165) is 11.1 Å². The molecule has 5 heteroatoms. The molecule has 0 radical (unpaired) electrons. The van der Waals surface area contributed by atoms with E-state index in [2.05, 4.69) is 16.6 Å². The van der Waals surface area contributed by atoms with Crippen LogP contribution in [0.1, 0.15) is 5.56 Å². The highest BCUT2D eigenvalue weighted by Gasteiger charge is 2.31. The van der Waals surface area contributed by atoms with Gasteiger partial charge >= 0.3 is 6.36 Å². The standard InChI is InChI=1S/C16H14F3NO/c1-12(13-6-3-2-4-7-13)11-20-14-8-5-9-15(10-14)21-16(17,18)19/h2-10,20H,1,11H2. The zero-order valence-corrected chi connectivity index (χ0v) is 11.2. The minimum Gasteiger partial charge on any atom is -0.406 e. The molecule has 0 amide bonds. The predicted molar refractivity (Wildman–Crippen MR) is 77.1 cm³/mol. The van der Waals surface area contributed by atoms with E-state index in [9.17, 15) is 13.2 Å². The molecule has 0 spiro atoms. The monoisotopic (exact) mass is 293 g/mol. The molecule has 2 nitrogen and oxygen atoms in total. The highest BCUT2D eigenvalue weighted by Crippen LogP contribution is 2.25. The number of rotatable bonds is 5. The molecular weight excluding hydrogens is 279 g/mol. The summed E-state index contributed by atoms with van der Waals surface area (Å²) in [6.45, 7) is 4.38. The average Bonchev–Trinajstić information content (AvgIpc) is 2.44. The minimum atomic E-state index is -4.69. The summed E-state index contributed by atoms with van der Waals surface area (Å²) in [7, 11) is 0. The van der Waals surface area contributed by atoms with E-state index in [0.29, 0.717) is 12.2 Å². The number of alkyl halides is 3. The summed E-state index contributed by atoms with van der Waals surface area (Å²) in [5.41, 5.74) is 2.36. The van der Waals surface area contributed by atoms with Gasteiger partial charge in [0.1, 0.15) is 5.75 Å². The van der Waals surface area contributed by atoms with Gasteiger partial charge in [-0.2, -0.15) is 0 Å². The number of ether oxygens (including phenoxy) is 1. The largest absolute Gasteiger partial charge is 0.573 e. The average molecular weight is 293 g/mol. The molecule has 0 fully saturated rings. The van der Waals surface area contributed by atoms with E-state index in [1.165, 1.54) is 18.2 Å². The fraction of sp³-hybridized carbons (Fsp3) is 0.125. The topological polar surface area (TPSA) is 21.3 Å². The first-order valence-corrected chi connectivity index (χ1v) is 6.27. The molecular formula is C16H14F3NO. The summed E-state index contributed by atoms with van der Waals surface area (Å²) in [6.07, 6.45) is -4.69. The highest BCUT2D eigenvalue weighted by molar-refractivity contribution is 5.67. The smallest absolute Gasteiger partial charge is 0.406 e. The van der Waals surface area contributed by atoms with Gasteiger partial charge in [-0.25, -0.2) is 0 Å². The van der Waals surface area contributed by atoms with E-state index in [1.54, 1.807) is 6.07 Å². The van der Waals surface area contributed by atoms with Crippen LogP contribution in [0, 0.1) is 0 Å². The fourth-order valence-corrected chi connectivity index (χ4v) is 1.79. The number of hydrogen-bond acceptors (Lipinski definition) is 2. The Hall–Kier alpha value is -2.43. The van der Waals surface area contributed by atoms with Gasteiger partial charge in [0.15, 0.2) is 0 Å². The zero-order chi connectivity index (χ0) is 15.3. The molecule has 2 rings (SSSR count). The summed E-state index contributed by atoms with van der Waals surface area (Å²) in [4.78, 5) is 0. The molecule has 2 aromatic rings. The van der Waals surface area contributed by atoms with Crippen molar-refractivity contribution in [2.24, 2.45) is 0 Å². The van der Waals surface area contributed by atoms with Gasteiger partial charge in [0, 0.05) is 18.3 Å². The Labute approximate surface area is 120 Å². The molecule has 0 saturated heterocycles. The first-order chi connectivity index (χ1) is 9.94. The van der Waals surface area contributed by atoms with Gasteiger partial charge in [-0.1, -0.05) is 43.0 Å². The van der Waals surface area contributed by atoms with Crippen LogP contribution in [0.5, 0.6) is 5.75 Å². The first-order valence-electron chi connectivity index (χ1n) is 6.27. The van der Waals surface area contributed by atoms with E-state index < -0.39 is 6.36 Å². The van der Waals surface area contributed by atoms with Crippen molar-refractivity contribution >= 4 is 11.3 Å². The maximum atomic E-state index is 12.2. The van der Waals surface area contributed by atoms with E-state index >= 15 is 0 Å². The van der Waals surface area contributed by atoms with Crippen molar-refractivity contribution in [3.8, 4) is 5.75 Å². The second kappa shape index (κ2) is 6.35. The van der Waals surface area contributed by atoms with Gasteiger partial charge in [-0.3, -0.25) is 0 Å². The third-order valence-electron chi connectivity index (χ3n) is 2.76. The second-order valence-electron chi connectivity index (χ2n) is 4.40. The van der Waals surface area contributed by atoms with Crippen molar-refractivity contribution in [2.45, 2.75) is 6.36 Å². The van der Waals surface area contributed by atoms with E-state index in [-0.39, 0.29) is 5.75 Å². The number of nitrogens with one attached hydrogen (secondary N) is 1. The first kappa shape index (κ1) is 15.0. The van der Waals surface area contributed by atoms with E-state index in [1.807, 2.05) is 30.3 Å². The SMILES string of the molecule is C=C(CNc1cccc(OC(F)(F)F)c1)c1ccccc1. The molecule has 0 unspecified atom stereocenters. The van der Waals surface area contributed by atoms with Crippen LogP contribution in [0.15, 0.2) is 61.2 Å². The Morgan fingerprint density at radius 1 is 1.05 bits per heavy atom. The lowest BCUT2D eigenvalue weighted by molar-refractivity contribution is -0.274. The molecule has 0 heterocycles. The van der Waals surface area contributed by atoms with Crippen LogP contribution < -0.4 is 10.1 Å². The summed E-state index contributed by atoms with van der Waals surface area (Å²) in [5.74, 6) is -0.252. The number of hydrogen-bond donors (Lipinski definition) is 1. The lowest BCUT2D eigenvalue weighted by Crippen LogP contribution is -2.17. The van der Waals surface area contributed by atoms with Gasteiger partial charge in [0.05, 0.1) is 0 Å². The van der Waals surface area contributed by atoms with Crippen molar-refractivity contribution in [1.29, 1.82) is 0 Å². The van der Waals surface area contributed by atoms with Crippen LogP contribution in [0.3, 0.4) is 0 Å². The Balaban J connectivity index is 1.97. The predicted octanol–water partition coefficient (Wildman–Crippen LogP) is 4.71. The summed E-state index contributed by atoms with van der Waals surface area (Å²) < 4.78 is 40.3. The number of halogens is 3. The molecule has 21 heavy (non-hydrogen) atoms. The Kier molecular flexibility index (Phi) is 4.52. The van der Waals surface area contributed by atoms with Crippen LogP contribution in [-0.2, 0) is 0 Å². The Morgan fingerprint density at radius 2 is 1.76 bits per heavy atom. The van der Waals surface area contributed by atoms with Crippen LogP contribution in [0.2, 0.25) is 0 Å². The van der Waals surface area contributed by atoms with Gasteiger partial charge < -0.3 is 10.1 Å². The maximum absolute atomic E-state index is 12.2. The van der Waals surface area contributed by atoms with Crippen molar-refractivity contribution in [3.63, 3.8) is 0 Å². The van der Waals surface area contributed by atoms with Crippen LogP contribution >= 0.6 is 0 Å². The molecule has 0 aliphatic rings. The van der Waals surface area contributed by atoms with Crippen LogP contribution in [0.25, 0.3) is 5.57 Å². The quantitative estimate of drug-likeness (QED) is 0.862. The summed E-state index contributed by atoms with van der Waals surface area (Å²) in [5, 5.41) is 3.02. The van der Waals surface area contributed by atoms with Gasteiger partial charge in [-0.05, 0) is 23.3 Å². The third-order valence-corrected chi connectivity index (χ3v) is 2.76. The Morgan fingerprint density at radius 3 is 2.43 bits per heavy atom. The molecule has 0 aliphatic heterocycles. The van der Waals surface area contributed by atoms with Crippen molar-refractivity contribution < 1.29 is 17.9 Å². The molecule has 0 saturated carbocycles. The lowest BCUT2D eigenvalue weighted by atomic mass is 10.1. The molecule has 2 aromatic carbocycles. The maximum Gasteiger partial charge on any atom is 0.573 e. The van der Waals surface area contributed by atoms with E-state index in [4.69, 9.17) is 0 Å². The molecule has 0 bridgehead atoms. The van der Waals surface area contributed by atoms with Crippen molar-refractivity contribution in [2.75, 3.05) is 11.9 Å². The molecule has 0 aliphatic carbocycles. The van der Waals surface area contributed by atoms with Crippen molar-refractivity contribution in [3.05, 3.63) is 66.7 Å². The third kappa shape index (κ3) is 4.87.